The Labute approximate surface area is 100 Å². The lowest BCUT2D eigenvalue weighted by atomic mass is 9.77. The number of amidine groups is 1. The van der Waals surface area contributed by atoms with Crippen LogP contribution in [-0.4, -0.2) is 29.4 Å². The van der Waals surface area contributed by atoms with Gasteiger partial charge in [-0.1, -0.05) is 24.3 Å². The third-order valence-corrected chi connectivity index (χ3v) is 4.05. The first-order chi connectivity index (χ1) is 8.13. The van der Waals surface area contributed by atoms with Crippen LogP contribution >= 0.6 is 0 Å². The van der Waals surface area contributed by atoms with E-state index in [2.05, 4.69) is 17.4 Å². The number of nitrogens with one attached hydrogen (secondary N) is 2. The van der Waals surface area contributed by atoms with Crippen molar-refractivity contribution in [1.29, 1.82) is 5.41 Å². The van der Waals surface area contributed by atoms with Crippen molar-refractivity contribution in [3.05, 3.63) is 35.4 Å². The first kappa shape index (κ1) is 10.3. The molecule has 17 heavy (non-hydrogen) atoms. The van der Waals surface area contributed by atoms with Crippen molar-refractivity contribution >= 4 is 11.9 Å². The van der Waals surface area contributed by atoms with Crippen LogP contribution in [-0.2, 0) is 12.8 Å². The smallest absolute Gasteiger partial charge is 0.314 e. The number of aryl methyl sites for hydroxylation is 1. The van der Waals surface area contributed by atoms with E-state index < -0.39 is 5.54 Å². The van der Waals surface area contributed by atoms with Gasteiger partial charge in [-0.15, -0.1) is 0 Å². The topological polar surface area (TPSA) is 56.2 Å². The molecule has 1 aliphatic heterocycles. The maximum atomic E-state index is 11.6. The van der Waals surface area contributed by atoms with Gasteiger partial charge in [0.25, 0.3) is 0 Å². The maximum Gasteiger partial charge on any atom is 0.323 e. The molecule has 1 aromatic rings. The Kier molecular flexibility index (Phi) is 2.02. The number of urea groups is 1. The van der Waals surface area contributed by atoms with Gasteiger partial charge in [-0.3, -0.25) is 10.7 Å². The summed E-state index contributed by atoms with van der Waals surface area (Å²) in [5, 5.41) is 10.6. The van der Waals surface area contributed by atoms with Crippen LogP contribution in [0.2, 0.25) is 0 Å². The second kappa shape index (κ2) is 3.32. The molecular weight excluding hydrogens is 214 g/mol. The number of carbonyl (C=O) groups is 1. The summed E-state index contributed by atoms with van der Waals surface area (Å²) in [6.45, 7) is 0. The zero-order valence-electron chi connectivity index (χ0n) is 9.79. The summed E-state index contributed by atoms with van der Waals surface area (Å²) in [7, 11) is 1.78. The van der Waals surface area contributed by atoms with Gasteiger partial charge >= 0.3 is 6.03 Å². The Balaban J connectivity index is 2.03. The van der Waals surface area contributed by atoms with E-state index in [1.807, 2.05) is 12.1 Å². The average molecular weight is 229 g/mol. The highest BCUT2D eigenvalue weighted by Gasteiger charge is 2.49. The molecule has 1 heterocycles. The lowest BCUT2D eigenvalue weighted by Crippen LogP contribution is -2.51. The highest BCUT2D eigenvalue weighted by molar-refractivity contribution is 6.08. The monoisotopic (exact) mass is 229 g/mol. The largest absolute Gasteiger partial charge is 0.323 e. The molecule has 2 amide bonds. The molecular formula is C13H15N3O. The van der Waals surface area contributed by atoms with E-state index in [1.54, 1.807) is 11.9 Å². The molecule has 4 heteroatoms. The van der Waals surface area contributed by atoms with E-state index in [9.17, 15) is 4.79 Å². The van der Waals surface area contributed by atoms with E-state index in [-0.39, 0.29) is 6.03 Å². The summed E-state index contributed by atoms with van der Waals surface area (Å²) in [6.07, 6.45) is 2.51. The first-order valence-corrected chi connectivity index (χ1v) is 5.84. The second-order valence-electron chi connectivity index (χ2n) is 4.84. The van der Waals surface area contributed by atoms with Gasteiger partial charge in [-0.25, -0.2) is 4.79 Å². The fourth-order valence-corrected chi connectivity index (χ4v) is 2.89. The van der Waals surface area contributed by atoms with Crippen molar-refractivity contribution in [3.8, 4) is 0 Å². The molecule has 88 valence electrons. The van der Waals surface area contributed by atoms with Gasteiger partial charge in [0.05, 0.1) is 0 Å². The Morgan fingerprint density at radius 1 is 1.35 bits per heavy atom. The Morgan fingerprint density at radius 2 is 2.06 bits per heavy atom. The van der Waals surface area contributed by atoms with Gasteiger partial charge in [0.1, 0.15) is 11.4 Å². The van der Waals surface area contributed by atoms with E-state index in [1.165, 1.54) is 11.1 Å². The van der Waals surface area contributed by atoms with E-state index in [0.29, 0.717) is 5.84 Å². The van der Waals surface area contributed by atoms with Crippen LogP contribution in [0.25, 0.3) is 0 Å². The van der Waals surface area contributed by atoms with Gasteiger partial charge < -0.3 is 4.90 Å². The van der Waals surface area contributed by atoms with Crippen LogP contribution in [0, 0.1) is 5.41 Å². The maximum absolute atomic E-state index is 11.6. The third kappa shape index (κ3) is 1.30. The quantitative estimate of drug-likeness (QED) is 0.696. The number of fused-ring (bicyclic) bond motifs is 1. The molecule has 1 spiro atoms. The molecule has 1 atom stereocenters. The van der Waals surface area contributed by atoms with Crippen molar-refractivity contribution in [2.45, 2.75) is 24.8 Å². The van der Waals surface area contributed by atoms with Gasteiger partial charge in [-0.2, -0.15) is 0 Å². The summed E-state index contributed by atoms with van der Waals surface area (Å²) in [5.74, 6) is 0.347. The van der Waals surface area contributed by atoms with Gasteiger partial charge in [0.15, 0.2) is 0 Å². The lowest BCUT2D eigenvalue weighted by Gasteiger charge is -2.38. The molecule has 3 rings (SSSR count). The Hall–Kier alpha value is -1.84. The Bertz CT molecular complexity index is 511. The van der Waals surface area contributed by atoms with Crippen LogP contribution in [0.1, 0.15) is 17.5 Å². The molecule has 0 aromatic heterocycles. The number of hydrogen-bond acceptors (Lipinski definition) is 2. The first-order valence-electron chi connectivity index (χ1n) is 5.84. The molecule has 2 aliphatic rings. The predicted molar refractivity (Wildman–Crippen MR) is 65.2 cm³/mol. The van der Waals surface area contributed by atoms with Gasteiger partial charge in [0.2, 0.25) is 0 Å². The summed E-state index contributed by atoms with van der Waals surface area (Å²) in [5.41, 5.74) is 2.16. The fraction of sp³-hybridized carbons (Fsp3) is 0.385. The molecule has 0 radical (unpaired) electrons. The normalized spacial score (nSPS) is 27.2. The van der Waals surface area contributed by atoms with Crippen LogP contribution in [0.15, 0.2) is 24.3 Å². The molecule has 0 saturated carbocycles. The summed E-state index contributed by atoms with van der Waals surface area (Å²) in [4.78, 5) is 13.3. The molecule has 2 N–H and O–H groups in total. The minimum atomic E-state index is -0.439. The van der Waals surface area contributed by atoms with Crippen LogP contribution in [0.3, 0.4) is 0 Å². The lowest BCUT2D eigenvalue weighted by molar-refractivity contribution is 0.183. The number of carbonyl (C=O) groups excluding carboxylic acids is 1. The van der Waals surface area contributed by atoms with Crippen LogP contribution < -0.4 is 5.32 Å². The molecule has 4 nitrogen and oxygen atoms in total. The third-order valence-electron chi connectivity index (χ3n) is 4.05. The average Bonchev–Trinajstić information content (AvgIpc) is 2.54. The Morgan fingerprint density at radius 3 is 2.71 bits per heavy atom. The number of amides is 2. The van der Waals surface area contributed by atoms with E-state index in [0.717, 1.165) is 19.3 Å². The number of likely N-dealkylation sites (N-methyl/N-ethyl adjacent to an activating group) is 1. The number of benzene rings is 1. The van der Waals surface area contributed by atoms with Crippen molar-refractivity contribution in [1.82, 2.24) is 10.2 Å². The van der Waals surface area contributed by atoms with Crippen LogP contribution in [0.4, 0.5) is 4.79 Å². The standard InChI is InChI=1S/C13H15N3O/c1-16-12(17)15-11(14)13(16)7-6-9-4-2-3-5-10(9)8-13/h2-5H,6-8H2,1H3,(H2,14,15,17). The molecule has 1 unspecified atom stereocenters. The van der Waals surface area contributed by atoms with E-state index in [4.69, 9.17) is 5.41 Å². The number of nitrogens with zero attached hydrogens (tertiary/aromatic N) is 1. The summed E-state index contributed by atoms with van der Waals surface area (Å²) in [6, 6.07) is 8.14. The van der Waals surface area contributed by atoms with E-state index >= 15 is 0 Å². The number of hydrogen-bond donors (Lipinski definition) is 2. The highest BCUT2D eigenvalue weighted by atomic mass is 16.2. The summed E-state index contributed by atoms with van der Waals surface area (Å²) >= 11 is 0. The SMILES string of the molecule is CN1C(=O)NC(=N)C12CCc1ccccc1C2. The zero-order valence-corrected chi connectivity index (χ0v) is 9.79. The minimum Gasteiger partial charge on any atom is -0.314 e. The fourth-order valence-electron chi connectivity index (χ4n) is 2.89. The molecule has 0 bridgehead atoms. The molecule has 1 saturated heterocycles. The molecule has 1 aliphatic carbocycles. The van der Waals surface area contributed by atoms with Gasteiger partial charge in [0, 0.05) is 13.5 Å². The van der Waals surface area contributed by atoms with Crippen molar-refractivity contribution in [2.24, 2.45) is 0 Å². The van der Waals surface area contributed by atoms with Crippen molar-refractivity contribution in [3.63, 3.8) is 0 Å². The van der Waals surface area contributed by atoms with Crippen molar-refractivity contribution in [2.75, 3.05) is 7.05 Å². The van der Waals surface area contributed by atoms with Crippen molar-refractivity contribution < 1.29 is 4.79 Å². The van der Waals surface area contributed by atoms with Gasteiger partial charge in [-0.05, 0) is 24.0 Å². The summed E-state index contributed by atoms with van der Waals surface area (Å²) < 4.78 is 0. The number of rotatable bonds is 0. The zero-order chi connectivity index (χ0) is 12.0. The molecule has 1 aromatic carbocycles. The minimum absolute atomic E-state index is 0.158. The van der Waals surface area contributed by atoms with Crippen LogP contribution in [0.5, 0.6) is 0 Å². The second-order valence-corrected chi connectivity index (χ2v) is 4.84. The predicted octanol–water partition coefficient (Wildman–Crippen LogP) is 1.55. The highest BCUT2D eigenvalue weighted by Crippen LogP contribution is 2.35. The molecule has 1 fully saturated rings.